The molecule has 1 aromatic carbocycles. The van der Waals surface area contributed by atoms with Crippen LogP contribution < -0.4 is 10.9 Å². The summed E-state index contributed by atoms with van der Waals surface area (Å²) in [5.74, 6) is 0.0123. The lowest BCUT2D eigenvalue weighted by Crippen LogP contribution is -2.41. The van der Waals surface area contributed by atoms with Crippen LogP contribution in [0.5, 0.6) is 0 Å². The molecule has 1 fully saturated rings. The summed E-state index contributed by atoms with van der Waals surface area (Å²) in [5.41, 5.74) is 3.87. The largest absolute Gasteiger partial charge is 0.494 e. The zero-order valence-electron chi connectivity index (χ0n) is 17.6. The van der Waals surface area contributed by atoms with Crippen molar-refractivity contribution in [3.05, 3.63) is 29.8 Å². The van der Waals surface area contributed by atoms with E-state index in [-0.39, 0.29) is 30.1 Å². The Bertz CT molecular complexity index is 593. The van der Waals surface area contributed by atoms with Gasteiger partial charge >= 0.3 is 7.12 Å². The van der Waals surface area contributed by atoms with Gasteiger partial charge < -0.3 is 9.31 Å². The zero-order valence-corrected chi connectivity index (χ0v) is 17.6. The maximum Gasteiger partial charge on any atom is 0.494 e. The second-order valence-corrected chi connectivity index (χ2v) is 8.36. The van der Waals surface area contributed by atoms with Crippen molar-refractivity contribution in [2.24, 2.45) is 5.92 Å². The smallest absolute Gasteiger partial charge is 0.399 e. The average Bonchev–Trinajstić information content (AvgIpc) is 2.83. The van der Waals surface area contributed by atoms with E-state index in [1.54, 1.807) is 0 Å². The lowest BCUT2D eigenvalue weighted by molar-refractivity contribution is -0.139. The summed E-state index contributed by atoms with van der Waals surface area (Å²) in [6, 6.07) is 7.92. The normalized spacial score (nSPS) is 18.1. The van der Waals surface area contributed by atoms with E-state index in [0.29, 0.717) is 6.61 Å². The predicted molar refractivity (Wildman–Crippen MR) is 108 cm³/mol. The minimum Gasteiger partial charge on any atom is -0.399 e. The lowest BCUT2D eigenvalue weighted by atomic mass is 9.79. The fourth-order valence-electron chi connectivity index (χ4n) is 3.13. The number of benzene rings is 1. The highest BCUT2D eigenvalue weighted by molar-refractivity contribution is 6.62. The van der Waals surface area contributed by atoms with Gasteiger partial charge in [0.05, 0.1) is 17.8 Å². The van der Waals surface area contributed by atoms with Gasteiger partial charge in [0, 0.05) is 5.92 Å². The summed E-state index contributed by atoms with van der Waals surface area (Å²) in [6.07, 6.45) is 3.79. The number of nitrogens with one attached hydrogen (secondary N) is 1. The summed E-state index contributed by atoms with van der Waals surface area (Å²) < 4.78 is 12.1. The third kappa shape index (κ3) is 5.56. The molecule has 0 aromatic heterocycles. The van der Waals surface area contributed by atoms with Gasteiger partial charge in [0.25, 0.3) is 0 Å². The molecule has 0 atom stereocenters. The van der Waals surface area contributed by atoms with Crippen molar-refractivity contribution >= 4 is 18.5 Å². The molecule has 5 nitrogen and oxygen atoms in total. The highest BCUT2D eigenvalue weighted by atomic mass is 16.7. The molecule has 1 aliphatic rings. The summed E-state index contributed by atoms with van der Waals surface area (Å²) >= 11 is 0. The molecule has 0 spiro atoms. The molecule has 0 radical (unpaired) electrons. The fourth-order valence-corrected chi connectivity index (χ4v) is 3.13. The van der Waals surface area contributed by atoms with Crippen LogP contribution >= 0.6 is 0 Å². The van der Waals surface area contributed by atoms with E-state index < -0.39 is 0 Å². The van der Waals surface area contributed by atoms with Crippen molar-refractivity contribution in [3.8, 4) is 0 Å². The van der Waals surface area contributed by atoms with Crippen molar-refractivity contribution in [2.45, 2.75) is 85.0 Å². The Hall–Kier alpha value is -1.37. The van der Waals surface area contributed by atoms with Crippen molar-refractivity contribution < 1.29 is 18.9 Å². The van der Waals surface area contributed by atoms with Gasteiger partial charge in [-0.15, -0.1) is 0 Å². The molecule has 0 saturated carbocycles. The number of carbonyl (C=O) groups excluding carboxylic acids is 1. The Morgan fingerprint density at radius 1 is 1.04 bits per heavy atom. The van der Waals surface area contributed by atoms with Gasteiger partial charge in [-0.05, 0) is 51.6 Å². The van der Waals surface area contributed by atoms with Gasteiger partial charge in [-0.3, -0.25) is 9.63 Å². The highest BCUT2D eigenvalue weighted by Gasteiger charge is 2.51. The molecule has 1 saturated heterocycles. The summed E-state index contributed by atoms with van der Waals surface area (Å²) in [5, 5.41) is 0. The number of hydrogen-bond acceptors (Lipinski definition) is 4. The van der Waals surface area contributed by atoms with Gasteiger partial charge in [-0.25, -0.2) is 5.48 Å². The average molecular weight is 375 g/mol. The monoisotopic (exact) mass is 375 g/mol. The van der Waals surface area contributed by atoms with Crippen LogP contribution in [0, 0.1) is 5.92 Å². The number of hydrogen-bond donors (Lipinski definition) is 1. The van der Waals surface area contributed by atoms with Crippen LogP contribution in [0.4, 0.5) is 0 Å². The van der Waals surface area contributed by atoms with E-state index >= 15 is 0 Å². The molecule has 0 bridgehead atoms. The van der Waals surface area contributed by atoms with Crippen molar-refractivity contribution in [2.75, 3.05) is 0 Å². The fraction of sp³-hybridized carbons (Fsp3) is 0.667. The van der Waals surface area contributed by atoms with Crippen LogP contribution in [0.15, 0.2) is 24.3 Å². The van der Waals surface area contributed by atoms with Crippen LogP contribution in [0.3, 0.4) is 0 Å². The molecule has 1 aromatic rings. The van der Waals surface area contributed by atoms with Crippen molar-refractivity contribution in [1.82, 2.24) is 5.48 Å². The number of hydroxylamine groups is 1. The molecule has 6 heteroatoms. The molecule has 1 heterocycles. The molecular formula is C21H34BNO4. The molecule has 1 N–H and O–H groups in total. The van der Waals surface area contributed by atoms with Crippen LogP contribution in [-0.2, 0) is 25.5 Å². The molecule has 150 valence electrons. The summed E-state index contributed by atoms with van der Waals surface area (Å²) in [4.78, 5) is 17.6. The Morgan fingerprint density at radius 3 is 2.04 bits per heavy atom. The molecule has 0 aliphatic carbocycles. The first kappa shape index (κ1) is 21.9. The Morgan fingerprint density at radius 2 is 1.56 bits per heavy atom. The third-order valence-corrected chi connectivity index (χ3v) is 5.56. The first-order valence-electron chi connectivity index (χ1n) is 10.1. The first-order chi connectivity index (χ1) is 12.7. The quantitative estimate of drug-likeness (QED) is 0.528. The van der Waals surface area contributed by atoms with E-state index in [0.717, 1.165) is 36.7 Å². The standard InChI is InChI=1S/C21H34BNO4/c1-7-9-17(10-8-2)19(24)23-25-15-16-11-13-18(14-12-16)22-26-20(3,4)21(5,6)27-22/h11-14,17H,7-10,15H2,1-6H3,(H,23,24). The maximum absolute atomic E-state index is 12.2. The van der Waals surface area contributed by atoms with E-state index in [4.69, 9.17) is 14.1 Å². The van der Waals surface area contributed by atoms with Crippen LogP contribution in [0.25, 0.3) is 0 Å². The van der Waals surface area contributed by atoms with Crippen LogP contribution in [0.1, 0.15) is 72.8 Å². The Kier molecular flexibility index (Phi) is 7.49. The minimum atomic E-state index is -0.367. The Balaban J connectivity index is 1.85. The first-order valence-corrected chi connectivity index (χ1v) is 10.1. The second kappa shape index (κ2) is 9.22. The summed E-state index contributed by atoms with van der Waals surface area (Å²) in [7, 11) is -0.367. The van der Waals surface area contributed by atoms with Crippen LogP contribution in [0.2, 0.25) is 0 Å². The van der Waals surface area contributed by atoms with E-state index in [9.17, 15) is 4.79 Å². The zero-order chi connectivity index (χ0) is 20.1. The SMILES string of the molecule is CCCC(CCC)C(=O)NOCc1ccc(B2OC(C)(C)C(C)(C)O2)cc1. The second-order valence-electron chi connectivity index (χ2n) is 8.36. The molecule has 2 rings (SSSR count). The van der Waals surface area contributed by atoms with Gasteiger partial charge in [0.1, 0.15) is 0 Å². The molecule has 1 aliphatic heterocycles. The van der Waals surface area contributed by atoms with E-state index in [2.05, 4.69) is 19.3 Å². The third-order valence-electron chi connectivity index (χ3n) is 5.56. The molecular weight excluding hydrogens is 341 g/mol. The number of carbonyl (C=O) groups is 1. The minimum absolute atomic E-state index is 0.0208. The van der Waals surface area contributed by atoms with E-state index in [1.807, 2.05) is 52.0 Å². The van der Waals surface area contributed by atoms with Gasteiger partial charge in [0.15, 0.2) is 0 Å². The van der Waals surface area contributed by atoms with Gasteiger partial charge in [-0.1, -0.05) is 51.0 Å². The molecule has 1 amide bonds. The van der Waals surface area contributed by atoms with Crippen molar-refractivity contribution in [1.29, 1.82) is 0 Å². The Labute approximate surface area is 164 Å². The lowest BCUT2D eigenvalue weighted by Gasteiger charge is -2.32. The van der Waals surface area contributed by atoms with Gasteiger partial charge in [-0.2, -0.15) is 0 Å². The van der Waals surface area contributed by atoms with E-state index in [1.165, 1.54) is 0 Å². The number of amides is 1. The predicted octanol–water partition coefficient (Wildman–Crippen LogP) is 3.75. The molecule has 0 unspecified atom stereocenters. The van der Waals surface area contributed by atoms with Crippen LogP contribution in [-0.4, -0.2) is 24.2 Å². The van der Waals surface area contributed by atoms with Crippen molar-refractivity contribution in [3.63, 3.8) is 0 Å². The highest BCUT2D eigenvalue weighted by Crippen LogP contribution is 2.36. The molecule has 27 heavy (non-hydrogen) atoms. The maximum atomic E-state index is 12.2. The number of rotatable bonds is 9. The van der Waals surface area contributed by atoms with Gasteiger partial charge in [0.2, 0.25) is 5.91 Å². The summed E-state index contributed by atoms with van der Waals surface area (Å²) in [6.45, 7) is 12.7. The topological polar surface area (TPSA) is 56.8 Å².